The van der Waals surface area contributed by atoms with Crippen LogP contribution in [0.5, 0.6) is 0 Å². The Morgan fingerprint density at radius 1 is 1.50 bits per heavy atom. The summed E-state index contributed by atoms with van der Waals surface area (Å²) in [5.41, 5.74) is 6.52. The zero-order valence-electron chi connectivity index (χ0n) is 10.3. The van der Waals surface area contributed by atoms with Gasteiger partial charge in [0.15, 0.2) is 5.84 Å². The monoisotopic (exact) mass is 289 g/mol. The molecule has 0 bridgehead atoms. The average molecular weight is 290 g/mol. The van der Waals surface area contributed by atoms with E-state index in [4.69, 9.17) is 34.1 Å². The van der Waals surface area contributed by atoms with Gasteiger partial charge in [-0.15, -0.1) is 0 Å². The van der Waals surface area contributed by atoms with E-state index in [0.29, 0.717) is 16.5 Å². The summed E-state index contributed by atoms with van der Waals surface area (Å²) in [5, 5.41) is 16.2. The van der Waals surface area contributed by atoms with Gasteiger partial charge in [-0.1, -0.05) is 41.3 Å². The standard InChI is InChI=1S/C12H17Cl2N3O/c1-3-11(12(15)17-18)16-7(2)9-5-4-8(13)6-10(9)14/h4-7,11,16,18H,3H2,1-2H3,(H2,15,17). The molecule has 0 spiro atoms. The number of benzene rings is 1. The highest BCUT2D eigenvalue weighted by Gasteiger charge is 2.17. The molecule has 4 N–H and O–H groups in total. The summed E-state index contributed by atoms with van der Waals surface area (Å²) in [7, 11) is 0. The molecule has 0 aliphatic carbocycles. The van der Waals surface area contributed by atoms with Gasteiger partial charge in [-0.25, -0.2) is 0 Å². The van der Waals surface area contributed by atoms with Crippen molar-refractivity contribution in [1.29, 1.82) is 0 Å². The third kappa shape index (κ3) is 3.77. The van der Waals surface area contributed by atoms with Crippen LogP contribution >= 0.6 is 23.2 Å². The van der Waals surface area contributed by atoms with Gasteiger partial charge in [0, 0.05) is 16.1 Å². The number of rotatable bonds is 5. The van der Waals surface area contributed by atoms with E-state index in [2.05, 4.69) is 10.5 Å². The molecule has 1 aromatic carbocycles. The molecule has 0 saturated heterocycles. The van der Waals surface area contributed by atoms with Gasteiger partial charge < -0.3 is 16.3 Å². The van der Waals surface area contributed by atoms with Crippen LogP contribution in [0.2, 0.25) is 10.0 Å². The summed E-state index contributed by atoms with van der Waals surface area (Å²) in [5.74, 6) is 0.162. The molecule has 2 unspecified atom stereocenters. The van der Waals surface area contributed by atoms with Gasteiger partial charge >= 0.3 is 0 Å². The molecule has 0 aliphatic rings. The number of halogens is 2. The zero-order valence-corrected chi connectivity index (χ0v) is 11.8. The second-order valence-electron chi connectivity index (χ2n) is 4.04. The largest absolute Gasteiger partial charge is 0.409 e. The Kier molecular flexibility index (Phi) is 5.72. The Balaban J connectivity index is 2.84. The number of nitrogens with zero attached hydrogens (tertiary/aromatic N) is 1. The topological polar surface area (TPSA) is 70.6 Å². The van der Waals surface area contributed by atoms with Crippen LogP contribution in [-0.4, -0.2) is 17.1 Å². The van der Waals surface area contributed by atoms with Gasteiger partial charge in [-0.2, -0.15) is 0 Å². The maximum atomic E-state index is 8.69. The molecule has 0 heterocycles. The summed E-state index contributed by atoms with van der Waals surface area (Å²) in [6, 6.07) is 5.12. The van der Waals surface area contributed by atoms with Crippen LogP contribution in [0.1, 0.15) is 31.9 Å². The minimum atomic E-state index is -0.197. The van der Waals surface area contributed by atoms with E-state index in [9.17, 15) is 0 Å². The van der Waals surface area contributed by atoms with Gasteiger partial charge in [0.05, 0.1) is 6.04 Å². The lowest BCUT2D eigenvalue weighted by molar-refractivity contribution is 0.313. The molecule has 0 radical (unpaired) electrons. The van der Waals surface area contributed by atoms with Gasteiger partial charge in [-0.05, 0) is 31.0 Å². The van der Waals surface area contributed by atoms with Gasteiger partial charge in [0.25, 0.3) is 0 Å². The lowest BCUT2D eigenvalue weighted by Gasteiger charge is -2.22. The number of oxime groups is 1. The molecule has 0 aliphatic heterocycles. The molecule has 1 rings (SSSR count). The summed E-state index contributed by atoms with van der Waals surface area (Å²) >= 11 is 12.0. The number of hydrogen-bond acceptors (Lipinski definition) is 3. The minimum Gasteiger partial charge on any atom is -0.409 e. The fourth-order valence-corrected chi connectivity index (χ4v) is 2.30. The predicted molar refractivity (Wildman–Crippen MR) is 75.5 cm³/mol. The van der Waals surface area contributed by atoms with E-state index >= 15 is 0 Å². The molecule has 1 aromatic rings. The van der Waals surface area contributed by atoms with Gasteiger partial charge in [0.1, 0.15) is 0 Å². The van der Waals surface area contributed by atoms with Crippen LogP contribution in [0.25, 0.3) is 0 Å². The Morgan fingerprint density at radius 3 is 2.67 bits per heavy atom. The summed E-state index contributed by atoms with van der Waals surface area (Å²) in [4.78, 5) is 0. The van der Waals surface area contributed by atoms with Crippen LogP contribution in [0.4, 0.5) is 0 Å². The van der Waals surface area contributed by atoms with Gasteiger partial charge in [-0.3, -0.25) is 0 Å². The van der Waals surface area contributed by atoms with Crippen LogP contribution in [0.15, 0.2) is 23.4 Å². The third-order valence-electron chi connectivity index (χ3n) is 2.76. The smallest absolute Gasteiger partial charge is 0.156 e. The van der Waals surface area contributed by atoms with Gasteiger partial charge in [0.2, 0.25) is 0 Å². The molecule has 18 heavy (non-hydrogen) atoms. The lowest BCUT2D eigenvalue weighted by atomic mass is 10.1. The van der Waals surface area contributed by atoms with Crippen molar-refractivity contribution in [3.8, 4) is 0 Å². The molecule has 100 valence electrons. The third-order valence-corrected chi connectivity index (χ3v) is 3.32. The summed E-state index contributed by atoms with van der Waals surface area (Å²) in [6.07, 6.45) is 0.714. The Morgan fingerprint density at radius 2 is 2.17 bits per heavy atom. The SMILES string of the molecule is CCC(NC(C)c1ccc(Cl)cc1Cl)C(N)=NO. The van der Waals surface area contributed by atoms with Crippen LogP contribution in [0.3, 0.4) is 0 Å². The van der Waals surface area contributed by atoms with Crippen molar-refractivity contribution in [3.63, 3.8) is 0 Å². The molecule has 0 aromatic heterocycles. The molecule has 0 saturated carbocycles. The van der Waals surface area contributed by atoms with Crippen molar-refractivity contribution in [2.75, 3.05) is 0 Å². The first-order valence-corrected chi connectivity index (χ1v) is 6.43. The van der Waals surface area contributed by atoms with E-state index in [0.717, 1.165) is 5.56 Å². The van der Waals surface area contributed by atoms with E-state index in [1.807, 2.05) is 19.9 Å². The highest BCUT2D eigenvalue weighted by Crippen LogP contribution is 2.26. The number of nitrogens with one attached hydrogen (secondary N) is 1. The zero-order chi connectivity index (χ0) is 13.7. The quantitative estimate of drug-likeness (QED) is 0.337. The summed E-state index contributed by atoms with van der Waals surface area (Å²) < 4.78 is 0. The van der Waals surface area contributed by atoms with Crippen molar-refractivity contribution >= 4 is 29.0 Å². The van der Waals surface area contributed by atoms with Crippen molar-refractivity contribution in [3.05, 3.63) is 33.8 Å². The predicted octanol–water partition coefficient (Wildman–Crippen LogP) is 3.17. The minimum absolute atomic E-state index is 0.0278. The van der Waals surface area contributed by atoms with Crippen LogP contribution in [0, 0.1) is 0 Å². The average Bonchev–Trinajstić information content (AvgIpc) is 2.34. The molecule has 6 heteroatoms. The Labute approximate surface area is 117 Å². The first kappa shape index (κ1) is 15.1. The molecule has 0 fully saturated rings. The lowest BCUT2D eigenvalue weighted by Crippen LogP contribution is -2.42. The Hall–Kier alpha value is -0.970. The molecular formula is C12H17Cl2N3O. The van der Waals surface area contributed by atoms with Crippen molar-refractivity contribution in [2.45, 2.75) is 32.4 Å². The molecular weight excluding hydrogens is 273 g/mol. The molecule has 2 atom stereocenters. The normalized spacial score (nSPS) is 15.4. The fourth-order valence-electron chi connectivity index (χ4n) is 1.73. The van der Waals surface area contributed by atoms with Crippen molar-refractivity contribution < 1.29 is 5.21 Å². The highest BCUT2D eigenvalue weighted by atomic mass is 35.5. The van der Waals surface area contributed by atoms with Crippen LogP contribution in [-0.2, 0) is 0 Å². The van der Waals surface area contributed by atoms with E-state index in [-0.39, 0.29) is 17.9 Å². The van der Waals surface area contributed by atoms with E-state index in [1.165, 1.54) is 0 Å². The second kappa shape index (κ2) is 6.83. The first-order chi connectivity index (χ1) is 8.49. The highest BCUT2D eigenvalue weighted by molar-refractivity contribution is 6.35. The first-order valence-electron chi connectivity index (χ1n) is 5.68. The summed E-state index contributed by atoms with van der Waals surface area (Å²) in [6.45, 7) is 3.91. The maximum Gasteiger partial charge on any atom is 0.156 e. The fraction of sp³-hybridized carbons (Fsp3) is 0.417. The Bertz CT molecular complexity index is 437. The maximum absolute atomic E-state index is 8.69. The van der Waals surface area contributed by atoms with Crippen LogP contribution < -0.4 is 11.1 Å². The number of hydrogen-bond donors (Lipinski definition) is 3. The van der Waals surface area contributed by atoms with E-state index in [1.54, 1.807) is 12.1 Å². The number of amidine groups is 1. The molecule has 0 amide bonds. The van der Waals surface area contributed by atoms with E-state index < -0.39 is 0 Å². The molecule has 4 nitrogen and oxygen atoms in total. The van der Waals surface area contributed by atoms with Crippen molar-refractivity contribution in [1.82, 2.24) is 5.32 Å². The second-order valence-corrected chi connectivity index (χ2v) is 4.88. The number of nitrogens with two attached hydrogens (primary N) is 1. The van der Waals surface area contributed by atoms with Crippen molar-refractivity contribution in [2.24, 2.45) is 10.9 Å².